The largest absolute Gasteiger partial charge is 0.378 e. The lowest BCUT2D eigenvalue weighted by atomic mass is 10.2. The first-order chi connectivity index (χ1) is 13.2. The van der Waals surface area contributed by atoms with E-state index in [1.54, 1.807) is 4.68 Å². The van der Waals surface area contributed by atoms with Crippen molar-refractivity contribution in [2.24, 2.45) is 0 Å². The van der Waals surface area contributed by atoms with Crippen molar-refractivity contribution >= 4 is 5.69 Å². The van der Waals surface area contributed by atoms with Gasteiger partial charge in [0.15, 0.2) is 0 Å². The second-order valence-corrected chi connectivity index (χ2v) is 7.58. The molecule has 2 aromatic rings. The number of hydrogen-bond acceptors (Lipinski definition) is 5. The van der Waals surface area contributed by atoms with Crippen molar-refractivity contribution in [1.82, 2.24) is 19.2 Å². The molecule has 0 atom stereocenters. The Labute approximate surface area is 160 Å². The van der Waals surface area contributed by atoms with Crippen LogP contribution in [0, 0.1) is 0 Å². The molecular weight excluding hydrogens is 342 g/mol. The van der Waals surface area contributed by atoms with Gasteiger partial charge in [0.1, 0.15) is 5.82 Å². The third-order valence-electron chi connectivity index (χ3n) is 5.42. The van der Waals surface area contributed by atoms with E-state index < -0.39 is 0 Å². The van der Waals surface area contributed by atoms with Gasteiger partial charge in [-0.3, -0.25) is 9.47 Å². The highest BCUT2D eigenvalue weighted by Crippen LogP contribution is 2.17. The Morgan fingerprint density at radius 3 is 2.63 bits per heavy atom. The molecule has 0 bridgehead atoms. The van der Waals surface area contributed by atoms with Gasteiger partial charge in [0.05, 0.1) is 19.9 Å². The lowest BCUT2D eigenvalue weighted by Crippen LogP contribution is -2.36. The van der Waals surface area contributed by atoms with Crippen molar-refractivity contribution in [2.75, 3.05) is 38.3 Å². The first-order valence-electron chi connectivity index (χ1n) is 9.97. The van der Waals surface area contributed by atoms with E-state index in [4.69, 9.17) is 4.74 Å². The molecule has 0 saturated carbocycles. The molecule has 146 valence electrons. The van der Waals surface area contributed by atoms with E-state index >= 15 is 0 Å². The summed E-state index contributed by atoms with van der Waals surface area (Å²) in [6.07, 6.45) is 4.30. The third-order valence-corrected chi connectivity index (χ3v) is 5.42. The SMILES string of the molecule is CN(Cc1ccc(N2CCOCC2)cc1)Cn1nc2n(c1=O)CCCCC2. The van der Waals surface area contributed by atoms with Crippen LogP contribution in [0.25, 0.3) is 0 Å². The average Bonchev–Trinajstić information content (AvgIpc) is 2.86. The summed E-state index contributed by atoms with van der Waals surface area (Å²) in [5.74, 6) is 0.945. The number of aryl methyl sites for hydroxylation is 1. The highest BCUT2D eigenvalue weighted by molar-refractivity contribution is 5.47. The van der Waals surface area contributed by atoms with Crippen LogP contribution < -0.4 is 10.6 Å². The van der Waals surface area contributed by atoms with Crippen molar-refractivity contribution in [3.8, 4) is 0 Å². The number of benzene rings is 1. The van der Waals surface area contributed by atoms with E-state index in [1.807, 2.05) is 11.6 Å². The number of hydrogen-bond donors (Lipinski definition) is 0. The highest BCUT2D eigenvalue weighted by atomic mass is 16.5. The van der Waals surface area contributed by atoms with Crippen LogP contribution in [0.2, 0.25) is 0 Å². The standard InChI is InChI=1S/C20H29N5O2/c1-22(16-25-20(26)24-10-4-2-3-5-19(24)21-25)15-17-6-8-18(9-7-17)23-11-13-27-14-12-23/h6-9H,2-5,10-16H2,1H3. The molecule has 0 aliphatic carbocycles. The summed E-state index contributed by atoms with van der Waals surface area (Å²) >= 11 is 0. The molecule has 2 aliphatic rings. The van der Waals surface area contributed by atoms with Crippen LogP contribution in [0.4, 0.5) is 5.69 Å². The summed E-state index contributed by atoms with van der Waals surface area (Å²) in [6, 6.07) is 8.71. The van der Waals surface area contributed by atoms with Gasteiger partial charge in [0.25, 0.3) is 0 Å². The predicted octanol–water partition coefficient (Wildman–Crippen LogP) is 1.70. The Bertz CT molecular complexity index is 805. The summed E-state index contributed by atoms with van der Waals surface area (Å²) < 4.78 is 8.89. The van der Waals surface area contributed by atoms with Gasteiger partial charge in [-0.1, -0.05) is 18.6 Å². The number of morpholine rings is 1. The van der Waals surface area contributed by atoms with E-state index in [9.17, 15) is 4.79 Å². The zero-order valence-electron chi connectivity index (χ0n) is 16.1. The molecule has 3 heterocycles. The molecule has 7 nitrogen and oxygen atoms in total. The molecule has 1 saturated heterocycles. The summed E-state index contributed by atoms with van der Waals surface area (Å²) in [5.41, 5.74) is 2.52. The molecule has 27 heavy (non-hydrogen) atoms. The van der Waals surface area contributed by atoms with Gasteiger partial charge in [0.2, 0.25) is 0 Å². The fraction of sp³-hybridized carbons (Fsp3) is 0.600. The van der Waals surface area contributed by atoms with Crippen molar-refractivity contribution in [1.29, 1.82) is 0 Å². The molecule has 0 unspecified atom stereocenters. The van der Waals surface area contributed by atoms with Crippen molar-refractivity contribution in [3.63, 3.8) is 0 Å². The van der Waals surface area contributed by atoms with Crippen LogP contribution in [0.3, 0.4) is 0 Å². The summed E-state index contributed by atoms with van der Waals surface area (Å²) in [4.78, 5) is 17.1. The van der Waals surface area contributed by atoms with Crippen molar-refractivity contribution < 1.29 is 4.74 Å². The predicted molar refractivity (Wildman–Crippen MR) is 105 cm³/mol. The zero-order valence-corrected chi connectivity index (χ0v) is 16.1. The molecular formula is C20H29N5O2. The summed E-state index contributed by atoms with van der Waals surface area (Å²) in [7, 11) is 2.03. The van der Waals surface area contributed by atoms with Crippen LogP contribution in [-0.4, -0.2) is 52.6 Å². The monoisotopic (exact) mass is 371 g/mol. The first-order valence-corrected chi connectivity index (χ1v) is 9.97. The number of anilines is 1. The maximum absolute atomic E-state index is 12.6. The van der Waals surface area contributed by atoms with E-state index in [2.05, 4.69) is 39.2 Å². The maximum atomic E-state index is 12.6. The Balaban J connectivity index is 1.38. The first kappa shape index (κ1) is 18.3. The van der Waals surface area contributed by atoms with Crippen molar-refractivity contribution in [3.05, 3.63) is 46.1 Å². The maximum Gasteiger partial charge on any atom is 0.347 e. The quantitative estimate of drug-likeness (QED) is 0.801. The van der Waals surface area contributed by atoms with Crippen LogP contribution >= 0.6 is 0 Å². The van der Waals surface area contributed by atoms with Crippen molar-refractivity contribution in [2.45, 2.75) is 45.4 Å². The molecule has 2 aliphatic heterocycles. The number of fused-ring (bicyclic) bond motifs is 1. The molecule has 0 amide bonds. The smallest absolute Gasteiger partial charge is 0.347 e. The molecule has 7 heteroatoms. The molecule has 1 aromatic carbocycles. The molecule has 4 rings (SSSR count). The molecule has 1 aromatic heterocycles. The van der Waals surface area contributed by atoms with E-state index in [-0.39, 0.29) is 5.69 Å². The van der Waals surface area contributed by atoms with Crippen LogP contribution in [0.5, 0.6) is 0 Å². The van der Waals surface area contributed by atoms with Gasteiger partial charge in [-0.15, -0.1) is 0 Å². The lowest BCUT2D eigenvalue weighted by molar-refractivity contribution is 0.122. The van der Waals surface area contributed by atoms with Gasteiger partial charge in [-0.2, -0.15) is 9.78 Å². The Hall–Kier alpha value is -2.12. The Morgan fingerprint density at radius 2 is 1.85 bits per heavy atom. The number of aromatic nitrogens is 3. The minimum absolute atomic E-state index is 0.0291. The van der Waals surface area contributed by atoms with E-state index in [0.29, 0.717) is 6.67 Å². The van der Waals surface area contributed by atoms with Gasteiger partial charge in [-0.05, 0) is 37.6 Å². The number of nitrogens with zero attached hydrogens (tertiary/aromatic N) is 5. The zero-order chi connectivity index (χ0) is 18.6. The Morgan fingerprint density at radius 1 is 1.07 bits per heavy atom. The van der Waals surface area contributed by atoms with E-state index in [1.165, 1.54) is 17.7 Å². The lowest BCUT2D eigenvalue weighted by Gasteiger charge is -2.29. The highest BCUT2D eigenvalue weighted by Gasteiger charge is 2.16. The van der Waals surface area contributed by atoms with Gasteiger partial charge >= 0.3 is 5.69 Å². The summed E-state index contributed by atoms with van der Waals surface area (Å²) in [6.45, 7) is 5.62. The fourth-order valence-electron chi connectivity index (χ4n) is 3.94. The minimum Gasteiger partial charge on any atom is -0.378 e. The van der Waals surface area contributed by atoms with E-state index in [0.717, 1.165) is 64.5 Å². The second-order valence-electron chi connectivity index (χ2n) is 7.58. The molecule has 1 fully saturated rings. The fourth-order valence-corrected chi connectivity index (χ4v) is 3.94. The average molecular weight is 371 g/mol. The molecule has 0 radical (unpaired) electrons. The van der Waals surface area contributed by atoms with Gasteiger partial charge in [0, 0.05) is 38.3 Å². The van der Waals surface area contributed by atoms with Crippen LogP contribution in [0.15, 0.2) is 29.1 Å². The minimum atomic E-state index is 0.0291. The molecule has 0 N–H and O–H groups in total. The number of ether oxygens (including phenoxy) is 1. The normalized spacial score (nSPS) is 17.8. The molecule has 0 spiro atoms. The number of rotatable bonds is 5. The topological polar surface area (TPSA) is 55.5 Å². The van der Waals surface area contributed by atoms with Gasteiger partial charge < -0.3 is 9.64 Å². The summed E-state index contributed by atoms with van der Waals surface area (Å²) in [5, 5.41) is 4.57. The third kappa shape index (κ3) is 4.25. The Kier molecular flexibility index (Phi) is 5.59. The van der Waals surface area contributed by atoms with Crippen LogP contribution in [-0.2, 0) is 30.9 Å². The second kappa shape index (κ2) is 8.27. The van der Waals surface area contributed by atoms with Crippen LogP contribution in [0.1, 0.15) is 30.7 Å². The van der Waals surface area contributed by atoms with Gasteiger partial charge in [-0.25, -0.2) is 4.79 Å².